The normalized spacial score (nSPS) is 12.0. The molecule has 0 amide bonds. The van der Waals surface area contributed by atoms with Gasteiger partial charge in [0, 0.05) is 17.5 Å². The highest BCUT2D eigenvalue weighted by molar-refractivity contribution is 7.92. The monoisotopic (exact) mass is 385 g/mol. The van der Waals surface area contributed by atoms with Crippen LogP contribution in [0.3, 0.4) is 0 Å². The average molecular weight is 385 g/mol. The second-order valence-electron chi connectivity index (χ2n) is 5.38. The number of nitrogens with one attached hydrogen (secondary N) is 2. The van der Waals surface area contributed by atoms with Crippen molar-refractivity contribution in [2.75, 3.05) is 10.0 Å². The third-order valence-corrected chi connectivity index (χ3v) is 4.85. The van der Waals surface area contributed by atoms with Crippen molar-refractivity contribution in [3.05, 3.63) is 95.2 Å². The van der Waals surface area contributed by atoms with Crippen LogP contribution in [0, 0.1) is 10.1 Å². The van der Waals surface area contributed by atoms with Gasteiger partial charge in [-0.3, -0.25) is 14.8 Å². The van der Waals surface area contributed by atoms with Crippen molar-refractivity contribution >= 4 is 27.1 Å². The fourth-order valence-corrected chi connectivity index (χ4v) is 3.25. The van der Waals surface area contributed by atoms with E-state index >= 15 is 0 Å². The number of benzene rings is 2. The molecule has 0 spiro atoms. The molecule has 0 aliphatic heterocycles. The first-order valence-electron chi connectivity index (χ1n) is 7.96. The Hall–Kier alpha value is -3.39. The Labute approximate surface area is 157 Å². The fraction of sp³-hybridized carbons (Fsp3) is 0.0526. The van der Waals surface area contributed by atoms with Crippen LogP contribution >= 0.6 is 0 Å². The smallest absolute Gasteiger partial charge is 0.294 e. The van der Waals surface area contributed by atoms with Crippen molar-refractivity contribution in [3.8, 4) is 0 Å². The van der Waals surface area contributed by atoms with Gasteiger partial charge in [-0.25, -0.2) is 8.42 Å². The highest BCUT2D eigenvalue weighted by Gasteiger charge is 2.21. The first-order valence-corrected chi connectivity index (χ1v) is 9.44. The number of hydrogen-bond donors (Lipinski definition) is 2. The van der Waals surface area contributed by atoms with Gasteiger partial charge in [-0.2, -0.15) is 0 Å². The predicted molar refractivity (Wildman–Crippen MR) is 107 cm³/mol. The van der Waals surface area contributed by atoms with E-state index in [2.05, 4.69) is 16.6 Å². The molecule has 0 heterocycles. The Bertz CT molecular complexity index is 997. The summed E-state index contributed by atoms with van der Waals surface area (Å²) in [5.41, 5.74) is 0.702. The number of hydrogen-bond acceptors (Lipinski definition) is 5. The lowest BCUT2D eigenvalue weighted by atomic mass is 10.2. The van der Waals surface area contributed by atoms with Gasteiger partial charge in [0.25, 0.3) is 15.7 Å². The SMILES string of the molecule is C=C/C(=C\C=C/C)Nc1ccc(S(=O)(=O)Nc2ccccc2)cc1[N+](=O)[O-]. The van der Waals surface area contributed by atoms with E-state index < -0.39 is 14.9 Å². The van der Waals surface area contributed by atoms with E-state index in [4.69, 9.17) is 0 Å². The van der Waals surface area contributed by atoms with E-state index in [-0.39, 0.29) is 16.3 Å². The Morgan fingerprint density at radius 3 is 2.48 bits per heavy atom. The number of anilines is 2. The maximum atomic E-state index is 12.5. The third-order valence-electron chi connectivity index (χ3n) is 3.47. The second kappa shape index (κ2) is 8.81. The van der Waals surface area contributed by atoms with Crippen LogP contribution in [0.2, 0.25) is 0 Å². The number of para-hydroxylation sites is 1. The van der Waals surface area contributed by atoms with Crippen LogP contribution < -0.4 is 10.0 Å². The summed E-state index contributed by atoms with van der Waals surface area (Å²) in [5.74, 6) is 0. The molecule has 0 aliphatic rings. The average Bonchev–Trinajstić information content (AvgIpc) is 2.65. The van der Waals surface area contributed by atoms with Crippen LogP contribution in [0.15, 0.2) is 90.0 Å². The van der Waals surface area contributed by atoms with E-state index in [1.165, 1.54) is 18.2 Å². The molecule has 0 aliphatic carbocycles. The van der Waals surface area contributed by atoms with Gasteiger partial charge in [-0.15, -0.1) is 0 Å². The van der Waals surface area contributed by atoms with Gasteiger partial charge in [-0.05, 0) is 43.3 Å². The van der Waals surface area contributed by atoms with E-state index in [9.17, 15) is 18.5 Å². The van der Waals surface area contributed by atoms with E-state index in [1.807, 2.05) is 6.92 Å². The Kier molecular flexibility index (Phi) is 6.51. The number of nitro groups is 1. The van der Waals surface area contributed by atoms with Crippen LogP contribution in [0.1, 0.15) is 6.92 Å². The van der Waals surface area contributed by atoms with E-state index in [0.29, 0.717) is 11.4 Å². The van der Waals surface area contributed by atoms with Crippen molar-refractivity contribution in [2.45, 2.75) is 11.8 Å². The van der Waals surface area contributed by atoms with E-state index in [1.54, 1.807) is 48.6 Å². The lowest BCUT2D eigenvalue weighted by Crippen LogP contribution is -2.13. The number of allylic oxidation sites excluding steroid dienone is 4. The summed E-state index contributed by atoms with van der Waals surface area (Å²) in [4.78, 5) is 10.6. The van der Waals surface area contributed by atoms with Crippen molar-refractivity contribution in [3.63, 3.8) is 0 Å². The molecular weight excluding hydrogens is 366 g/mol. The minimum Gasteiger partial charge on any atom is -0.350 e. The molecule has 7 nitrogen and oxygen atoms in total. The molecule has 0 saturated heterocycles. The summed E-state index contributed by atoms with van der Waals surface area (Å²) < 4.78 is 27.4. The van der Waals surface area contributed by atoms with Gasteiger partial charge < -0.3 is 5.32 Å². The number of sulfonamides is 1. The van der Waals surface area contributed by atoms with Gasteiger partial charge in [0.2, 0.25) is 0 Å². The summed E-state index contributed by atoms with van der Waals surface area (Å²) in [7, 11) is -3.96. The standard InChI is InChI=1S/C19H19N3O4S/c1-3-5-9-15(4-2)20-18-13-12-17(14-19(18)22(23)24)27(25,26)21-16-10-7-6-8-11-16/h3-14,20-21H,2H2,1H3/b5-3-,15-9+. The molecule has 0 bridgehead atoms. The quantitative estimate of drug-likeness (QED) is 0.397. The predicted octanol–water partition coefficient (Wildman–Crippen LogP) is 4.45. The molecule has 0 saturated carbocycles. The van der Waals surface area contributed by atoms with Crippen LogP contribution in [0.4, 0.5) is 17.1 Å². The Morgan fingerprint density at radius 1 is 1.19 bits per heavy atom. The molecule has 0 atom stereocenters. The topological polar surface area (TPSA) is 101 Å². The first kappa shape index (κ1) is 19.9. The summed E-state index contributed by atoms with van der Waals surface area (Å²) in [6.45, 7) is 5.48. The Balaban J connectivity index is 2.40. The zero-order valence-electron chi connectivity index (χ0n) is 14.6. The zero-order chi connectivity index (χ0) is 19.9. The second-order valence-corrected chi connectivity index (χ2v) is 7.07. The lowest BCUT2D eigenvalue weighted by Gasteiger charge is -2.11. The maximum Gasteiger partial charge on any atom is 0.294 e. The molecular formula is C19H19N3O4S. The summed E-state index contributed by atoms with van der Waals surface area (Å²) in [6, 6.07) is 12.0. The van der Waals surface area contributed by atoms with Crippen LogP contribution in [-0.2, 0) is 10.0 Å². The molecule has 140 valence electrons. The van der Waals surface area contributed by atoms with Gasteiger partial charge >= 0.3 is 0 Å². The highest BCUT2D eigenvalue weighted by atomic mass is 32.2. The minimum atomic E-state index is -3.96. The van der Waals surface area contributed by atoms with E-state index in [0.717, 1.165) is 6.07 Å². The molecule has 2 aromatic rings. The van der Waals surface area contributed by atoms with Crippen molar-refractivity contribution < 1.29 is 13.3 Å². The van der Waals surface area contributed by atoms with Crippen LogP contribution in [0.5, 0.6) is 0 Å². The summed E-state index contributed by atoms with van der Waals surface area (Å²) in [5, 5.41) is 14.3. The maximum absolute atomic E-state index is 12.5. The van der Waals surface area contributed by atoms with Crippen LogP contribution in [-0.4, -0.2) is 13.3 Å². The zero-order valence-corrected chi connectivity index (χ0v) is 15.4. The summed E-state index contributed by atoms with van der Waals surface area (Å²) in [6.07, 6.45) is 6.74. The summed E-state index contributed by atoms with van der Waals surface area (Å²) >= 11 is 0. The van der Waals surface area contributed by atoms with Gasteiger partial charge in [-0.1, -0.05) is 36.9 Å². The molecule has 0 aromatic heterocycles. The fourth-order valence-electron chi connectivity index (χ4n) is 2.17. The molecule has 2 N–H and O–H groups in total. The molecule has 0 unspecified atom stereocenters. The molecule has 2 rings (SSSR count). The molecule has 0 fully saturated rings. The van der Waals surface area contributed by atoms with Gasteiger partial charge in [0.05, 0.1) is 9.82 Å². The van der Waals surface area contributed by atoms with Gasteiger partial charge in [0.15, 0.2) is 0 Å². The van der Waals surface area contributed by atoms with Crippen LogP contribution in [0.25, 0.3) is 0 Å². The third kappa shape index (κ3) is 5.29. The van der Waals surface area contributed by atoms with Crippen molar-refractivity contribution in [1.82, 2.24) is 0 Å². The number of nitro benzene ring substituents is 1. The van der Waals surface area contributed by atoms with Crippen molar-refractivity contribution in [2.24, 2.45) is 0 Å². The molecule has 27 heavy (non-hydrogen) atoms. The number of rotatable bonds is 8. The molecule has 2 aromatic carbocycles. The van der Waals surface area contributed by atoms with Gasteiger partial charge in [0.1, 0.15) is 5.69 Å². The molecule has 8 heteroatoms. The molecule has 0 radical (unpaired) electrons. The minimum absolute atomic E-state index is 0.161. The lowest BCUT2D eigenvalue weighted by molar-refractivity contribution is -0.384. The number of nitrogens with zero attached hydrogens (tertiary/aromatic N) is 1. The first-order chi connectivity index (χ1) is 12.9. The Morgan fingerprint density at radius 2 is 1.89 bits per heavy atom. The highest BCUT2D eigenvalue weighted by Crippen LogP contribution is 2.29. The van der Waals surface area contributed by atoms with Crippen molar-refractivity contribution in [1.29, 1.82) is 0 Å². The largest absolute Gasteiger partial charge is 0.350 e.